The van der Waals surface area contributed by atoms with Crippen LogP contribution in [0.2, 0.25) is 0 Å². The van der Waals surface area contributed by atoms with Crippen LogP contribution in [-0.2, 0) is 10.0 Å². The standard InChI is InChI=1S/C18H25N7O5S/c1-2-31(28,29)23-6-5-20-17-13(16(19)27)9-22-18(25-17)24-11-3-4-15-14(7-11)21-8-12(26)10-30-15/h3-4,7,9,12,21,23,26H,2,5-6,8,10H2,1H3,(H2,19,27)(H2,20,22,24,25)/t12-/m0/s1. The van der Waals surface area contributed by atoms with Crippen LogP contribution in [0.15, 0.2) is 24.4 Å². The van der Waals surface area contributed by atoms with Crippen molar-refractivity contribution in [3.63, 3.8) is 0 Å². The molecule has 2 heterocycles. The fourth-order valence-electron chi connectivity index (χ4n) is 2.72. The summed E-state index contributed by atoms with van der Waals surface area (Å²) in [5.74, 6) is 0.258. The Morgan fingerprint density at radius 2 is 2.19 bits per heavy atom. The minimum Gasteiger partial charge on any atom is -0.489 e. The van der Waals surface area contributed by atoms with Crippen molar-refractivity contribution < 1.29 is 23.1 Å². The number of amides is 1. The average Bonchev–Trinajstić information content (AvgIpc) is 2.92. The van der Waals surface area contributed by atoms with Gasteiger partial charge in [0.15, 0.2) is 0 Å². The van der Waals surface area contributed by atoms with Crippen LogP contribution in [0.3, 0.4) is 0 Å². The minimum atomic E-state index is -3.32. The molecule has 1 aromatic carbocycles. The first-order valence-corrected chi connectivity index (χ1v) is 11.3. The predicted octanol–water partition coefficient (Wildman–Crippen LogP) is -0.164. The molecule has 1 atom stereocenters. The summed E-state index contributed by atoms with van der Waals surface area (Å²) in [6, 6.07) is 5.29. The van der Waals surface area contributed by atoms with Crippen molar-refractivity contribution in [1.82, 2.24) is 14.7 Å². The van der Waals surface area contributed by atoms with Crippen LogP contribution in [0.4, 0.5) is 23.1 Å². The van der Waals surface area contributed by atoms with Crippen molar-refractivity contribution >= 4 is 39.1 Å². The van der Waals surface area contributed by atoms with E-state index in [1.54, 1.807) is 18.2 Å². The van der Waals surface area contributed by atoms with Gasteiger partial charge in [-0.05, 0) is 25.1 Å². The zero-order valence-corrected chi connectivity index (χ0v) is 17.7. The van der Waals surface area contributed by atoms with Gasteiger partial charge in [-0.25, -0.2) is 18.1 Å². The van der Waals surface area contributed by atoms with Gasteiger partial charge in [0.05, 0.1) is 17.0 Å². The van der Waals surface area contributed by atoms with Crippen molar-refractivity contribution in [2.45, 2.75) is 13.0 Å². The third kappa shape index (κ3) is 6.16. The zero-order chi connectivity index (χ0) is 22.4. The van der Waals surface area contributed by atoms with E-state index in [0.717, 1.165) is 0 Å². The van der Waals surface area contributed by atoms with Crippen molar-refractivity contribution in [1.29, 1.82) is 0 Å². The summed E-state index contributed by atoms with van der Waals surface area (Å²) in [7, 11) is -3.32. The number of fused-ring (bicyclic) bond motifs is 1. The zero-order valence-electron chi connectivity index (χ0n) is 16.9. The van der Waals surface area contributed by atoms with E-state index in [2.05, 4.69) is 30.6 Å². The number of nitrogens with zero attached hydrogens (tertiary/aromatic N) is 2. The number of aromatic nitrogens is 2. The molecule has 7 N–H and O–H groups in total. The van der Waals surface area contributed by atoms with Gasteiger partial charge in [-0.15, -0.1) is 0 Å². The molecule has 13 heteroatoms. The van der Waals surface area contributed by atoms with Gasteiger partial charge in [0.1, 0.15) is 24.3 Å². The second-order valence-electron chi connectivity index (χ2n) is 6.73. The summed E-state index contributed by atoms with van der Waals surface area (Å²) in [6.45, 7) is 2.40. The minimum absolute atomic E-state index is 0.0270. The number of sulfonamides is 1. The summed E-state index contributed by atoms with van der Waals surface area (Å²) < 4.78 is 31.0. The number of β-amino-alcohol motifs (C(OH)–C–C–N with tert-alkyl or cyclic N) is 1. The van der Waals surface area contributed by atoms with Crippen LogP contribution in [0.25, 0.3) is 0 Å². The van der Waals surface area contributed by atoms with Crippen molar-refractivity contribution in [3.05, 3.63) is 30.0 Å². The number of hydrogen-bond acceptors (Lipinski definition) is 10. The summed E-state index contributed by atoms with van der Waals surface area (Å²) >= 11 is 0. The van der Waals surface area contributed by atoms with Crippen molar-refractivity contribution in [3.8, 4) is 5.75 Å². The summed E-state index contributed by atoms with van der Waals surface area (Å²) in [5.41, 5.74) is 6.82. The molecule has 0 unspecified atom stereocenters. The molecule has 0 aliphatic carbocycles. The number of carbonyl (C=O) groups excluding carboxylic acids is 1. The first kappa shape index (κ1) is 22.5. The molecule has 1 aliphatic rings. The lowest BCUT2D eigenvalue weighted by atomic mass is 10.2. The van der Waals surface area contributed by atoms with Gasteiger partial charge in [0.2, 0.25) is 16.0 Å². The van der Waals surface area contributed by atoms with Gasteiger partial charge < -0.3 is 31.5 Å². The first-order chi connectivity index (χ1) is 14.8. The van der Waals surface area contributed by atoms with Crippen LogP contribution in [0.5, 0.6) is 5.75 Å². The molecule has 0 fully saturated rings. The van der Waals surface area contributed by atoms with Gasteiger partial charge >= 0.3 is 0 Å². The van der Waals surface area contributed by atoms with E-state index in [9.17, 15) is 18.3 Å². The molecule has 0 radical (unpaired) electrons. The Kier molecular flexibility index (Phi) is 7.09. The molecule has 0 saturated heterocycles. The number of aliphatic hydroxyl groups is 1. The normalized spacial score (nSPS) is 15.7. The fraction of sp³-hybridized carbons (Fsp3) is 0.389. The molecule has 0 saturated carbocycles. The largest absolute Gasteiger partial charge is 0.489 e. The smallest absolute Gasteiger partial charge is 0.254 e. The number of benzene rings is 1. The van der Waals surface area contributed by atoms with Crippen molar-refractivity contribution in [2.75, 3.05) is 47.9 Å². The number of primary amides is 1. The summed E-state index contributed by atoms with van der Waals surface area (Å²) in [4.78, 5) is 20.1. The monoisotopic (exact) mass is 451 g/mol. The number of nitrogens with two attached hydrogens (primary N) is 1. The van der Waals surface area contributed by atoms with Crippen molar-refractivity contribution in [2.24, 2.45) is 5.73 Å². The van der Waals surface area contributed by atoms with Crippen LogP contribution in [0.1, 0.15) is 17.3 Å². The molecule has 0 bridgehead atoms. The lowest BCUT2D eigenvalue weighted by Crippen LogP contribution is -2.30. The highest BCUT2D eigenvalue weighted by Gasteiger charge is 2.16. The number of ether oxygens (including phenoxy) is 1. The van der Waals surface area contributed by atoms with Crippen LogP contribution >= 0.6 is 0 Å². The fourth-order valence-corrected chi connectivity index (χ4v) is 3.34. The highest BCUT2D eigenvalue weighted by atomic mass is 32.2. The third-order valence-electron chi connectivity index (χ3n) is 4.37. The van der Waals surface area contributed by atoms with E-state index in [1.165, 1.54) is 13.1 Å². The Morgan fingerprint density at radius 3 is 2.94 bits per heavy atom. The maximum absolute atomic E-state index is 11.7. The first-order valence-electron chi connectivity index (χ1n) is 9.61. The molecule has 1 aromatic heterocycles. The molecule has 0 spiro atoms. The second kappa shape index (κ2) is 9.76. The summed E-state index contributed by atoms with van der Waals surface area (Å²) in [5, 5.41) is 18.7. The Labute approximate surface area is 179 Å². The topological polar surface area (TPSA) is 181 Å². The van der Waals surface area contributed by atoms with Crippen LogP contribution in [-0.4, -0.2) is 67.5 Å². The van der Waals surface area contributed by atoms with Crippen LogP contribution in [0, 0.1) is 0 Å². The Hall–Kier alpha value is -3.16. The summed E-state index contributed by atoms with van der Waals surface area (Å²) in [6.07, 6.45) is 0.682. The van der Waals surface area contributed by atoms with Gasteiger partial charge in [-0.2, -0.15) is 4.98 Å². The average molecular weight is 452 g/mol. The predicted molar refractivity (Wildman–Crippen MR) is 116 cm³/mol. The van der Waals surface area contributed by atoms with E-state index in [1.807, 2.05) is 0 Å². The second-order valence-corrected chi connectivity index (χ2v) is 8.82. The number of hydrogen-bond donors (Lipinski definition) is 6. The van der Waals surface area contributed by atoms with Gasteiger partial charge in [-0.1, -0.05) is 0 Å². The number of anilines is 4. The number of aliphatic hydroxyl groups excluding tert-OH is 1. The Morgan fingerprint density at radius 1 is 1.39 bits per heavy atom. The van der Waals surface area contributed by atoms with Gasteiger partial charge in [0.25, 0.3) is 5.91 Å². The molecule has 3 rings (SSSR count). The van der Waals surface area contributed by atoms with Crippen LogP contribution < -0.4 is 31.1 Å². The number of rotatable bonds is 9. The maximum atomic E-state index is 11.7. The number of nitrogens with one attached hydrogen (secondary N) is 4. The Balaban J connectivity index is 1.72. The van der Waals surface area contributed by atoms with E-state index >= 15 is 0 Å². The van der Waals surface area contributed by atoms with E-state index in [0.29, 0.717) is 23.7 Å². The molecular formula is C18H25N7O5S. The quantitative estimate of drug-likeness (QED) is 0.280. The highest BCUT2D eigenvalue weighted by molar-refractivity contribution is 7.89. The number of carbonyl (C=O) groups is 1. The van der Waals surface area contributed by atoms with E-state index in [-0.39, 0.29) is 42.8 Å². The lowest BCUT2D eigenvalue weighted by Gasteiger charge is -2.13. The molecular weight excluding hydrogens is 426 g/mol. The SMILES string of the molecule is CCS(=O)(=O)NCCNc1nc(Nc2ccc3c(c2)NC[C@H](O)CO3)ncc1C(N)=O. The molecule has 168 valence electrons. The van der Waals surface area contributed by atoms with E-state index in [4.69, 9.17) is 10.5 Å². The van der Waals surface area contributed by atoms with E-state index < -0.39 is 22.0 Å². The molecule has 12 nitrogen and oxygen atoms in total. The molecule has 2 aromatic rings. The Bertz CT molecular complexity index is 1050. The molecule has 1 aliphatic heterocycles. The van der Waals surface area contributed by atoms with Gasteiger partial charge in [-0.3, -0.25) is 4.79 Å². The third-order valence-corrected chi connectivity index (χ3v) is 5.77. The highest BCUT2D eigenvalue weighted by Crippen LogP contribution is 2.30. The molecule has 31 heavy (non-hydrogen) atoms. The lowest BCUT2D eigenvalue weighted by molar-refractivity contribution is 0.100. The van der Waals surface area contributed by atoms with Gasteiger partial charge in [0, 0.05) is 31.5 Å². The maximum Gasteiger partial charge on any atom is 0.254 e. The molecule has 1 amide bonds.